The summed E-state index contributed by atoms with van der Waals surface area (Å²) in [5.41, 5.74) is 1.78. The van der Waals surface area contributed by atoms with Crippen molar-refractivity contribution in [1.82, 2.24) is 0 Å². The Morgan fingerprint density at radius 1 is 0.750 bits per heavy atom. The molecule has 0 saturated heterocycles. The number of carbonyl (C=O) groups is 1. The van der Waals surface area contributed by atoms with Gasteiger partial charge in [0.2, 0.25) is 0 Å². The Hall–Kier alpha value is -2.79. The van der Waals surface area contributed by atoms with E-state index in [0.29, 0.717) is 22.5 Å². The maximum Gasteiger partial charge on any atom is 0.323 e. The van der Waals surface area contributed by atoms with E-state index in [1.807, 2.05) is 0 Å². The normalized spacial score (nSPS) is 11.6. The summed E-state index contributed by atoms with van der Waals surface area (Å²) in [6.07, 6.45) is 1.85. The summed E-state index contributed by atoms with van der Waals surface area (Å²) in [6, 6.07) is 8.49. The van der Waals surface area contributed by atoms with Crippen LogP contribution in [0.4, 0.5) is 16.2 Å². The highest BCUT2D eigenvalue weighted by Gasteiger charge is 2.12. The summed E-state index contributed by atoms with van der Waals surface area (Å²) < 4.78 is 55.0. The van der Waals surface area contributed by atoms with E-state index in [1.165, 1.54) is 12.1 Å². The molecule has 0 saturated carbocycles. The molecule has 9 nitrogen and oxygen atoms in total. The predicted molar refractivity (Wildman–Crippen MR) is 106 cm³/mol. The Bertz CT molecular complexity index is 1020. The molecule has 0 heterocycles. The van der Waals surface area contributed by atoms with Gasteiger partial charge in [-0.3, -0.25) is 0 Å². The molecule has 2 aromatic rings. The first kappa shape index (κ1) is 21.5. The Labute approximate surface area is 163 Å². The molecule has 152 valence electrons. The fourth-order valence-electron chi connectivity index (χ4n) is 2.15. The van der Waals surface area contributed by atoms with E-state index in [4.69, 9.17) is 8.37 Å². The van der Waals surface area contributed by atoms with Crippen molar-refractivity contribution < 1.29 is 30.0 Å². The quantitative estimate of drug-likeness (QED) is 0.677. The van der Waals surface area contributed by atoms with Crippen LogP contribution in [-0.4, -0.2) is 35.4 Å². The molecule has 28 heavy (non-hydrogen) atoms. The minimum absolute atomic E-state index is 0.0967. The molecular formula is C17H20N2O7S2. The minimum Gasteiger partial charge on any atom is -0.382 e. The lowest BCUT2D eigenvalue weighted by atomic mass is 10.2. The number of hydrogen-bond acceptors (Lipinski definition) is 7. The van der Waals surface area contributed by atoms with Crippen LogP contribution in [0.3, 0.4) is 0 Å². The topological polar surface area (TPSA) is 128 Å². The number of urea groups is 1. The average Bonchev–Trinajstić information content (AvgIpc) is 2.51. The van der Waals surface area contributed by atoms with Crippen molar-refractivity contribution in [2.45, 2.75) is 13.8 Å². The largest absolute Gasteiger partial charge is 0.382 e. The first-order valence-corrected chi connectivity index (χ1v) is 11.5. The van der Waals surface area contributed by atoms with Crippen LogP contribution in [0, 0.1) is 13.8 Å². The Morgan fingerprint density at radius 3 is 1.43 bits per heavy atom. The van der Waals surface area contributed by atoms with Gasteiger partial charge in [-0.25, -0.2) is 4.79 Å². The van der Waals surface area contributed by atoms with E-state index in [0.717, 1.165) is 12.5 Å². The molecule has 0 aliphatic heterocycles. The van der Waals surface area contributed by atoms with Gasteiger partial charge in [-0.15, -0.1) is 0 Å². The molecule has 2 rings (SSSR count). The van der Waals surface area contributed by atoms with Gasteiger partial charge in [-0.1, -0.05) is 12.1 Å². The molecule has 2 amide bonds. The van der Waals surface area contributed by atoms with Crippen LogP contribution < -0.4 is 19.0 Å². The highest BCUT2D eigenvalue weighted by molar-refractivity contribution is 7.86. The molecule has 2 aromatic carbocycles. The minimum atomic E-state index is -3.71. The van der Waals surface area contributed by atoms with E-state index in [-0.39, 0.29) is 11.5 Å². The second kappa shape index (κ2) is 8.07. The summed E-state index contributed by atoms with van der Waals surface area (Å²) in [6.45, 7) is 3.33. The number of anilines is 2. The van der Waals surface area contributed by atoms with Crippen molar-refractivity contribution >= 4 is 37.6 Å². The molecule has 0 unspecified atom stereocenters. The van der Waals surface area contributed by atoms with Crippen molar-refractivity contribution in [2.75, 3.05) is 23.1 Å². The molecule has 0 fully saturated rings. The zero-order chi connectivity index (χ0) is 21.1. The van der Waals surface area contributed by atoms with Crippen LogP contribution in [-0.2, 0) is 20.2 Å². The monoisotopic (exact) mass is 428 g/mol. The van der Waals surface area contributed by atoms with E-state index >= 15 is 0 Å². The summed E-state index contributed by atoms with van der Waals surface area (Å²) in [4.78, 5) is 12.2. The van der Waals surface area contributed by atoms with Gasteiger partial charge < -0.3 is 19.0 Å². The zero-order valence-electron chi connectivity index (χ0n) is 15.6. The highest BCUT2D eigenvalue weighted by Crippen LogP contribution is 2.26. The predicted octanol–water partition coefficient (Wildman–Crippen LogP) is 2.62. The van der Waals surface area contributed by atoms with Crippen LogP contribution in [0.5, 0.6) is 11.5 Å². The Morgan fingerprint density at radius 2 is 1.11 bits per heavy atom. The van der Waals surface area contributed by atoms with Crippen molar-refractivity contribution in [2.24, 2.45) is 0 Å². The molecule has 2 N–H and O–H groups in total. The van der Waals surface area contributed by atoms with Gasteiger partial charge >= 0.3 is 26.3 Å². The number of rotatable bonds is 6. The lowest BCUT2D eigenvalue weighted by Crippen LogP contribution is -2.19. The Kier molecular flexibility index (Phi) is 6.20. The van der Waals surface area contributed by atoms with Crippen LogP contribution in [0.1, 0.15) is 11.1 Å². The van der Waals surface area contributed by atoms with Gasteiger partial charge in [0.25, 0.3) is 0 Å². The molecule has 0 spiro atoms. The molecule has 0 aliphatic rings. The number of carbonyl (C=O) groups excluding carboxylic acids is 1. The van der Waals surface area contributed by atoms with Crippen LogP contribution in [0.25, 0.3) is 0 Å². The van der Waals surface area contributed by atoms with Gasteiger partial charge in [0, 0.05) is 23.5 Å². The number of aryl methyl sites for hydroxylation is 2. The highest BCUT2D eigenvalue weighted by atomic mass is 32.2. The third-order valence-electron chi connectivity index (χ3n) is 3.37. The second-order valence-electron chi connectivity index (χ2n) is 6.11. The molecular weight excluding hydrogens is 408 g/mol. The van der Waals surface area contributed by atoms with Gasteiger partial charge in [-0.2, -0.15) is 16.8 Å². The van der Waals surface area contributed by atoms with Gasteiger partial charge in [-0.05, 0) is 37.1 Å². The van der Waals surface area contributed by atoms with E-state index in [2.05, 4.69) is 10.6 Å². The van der Waals surface area contributed by atoms with Crippen LogP contribution in [0.2, 0.25) is 0 Å². The maximum absolute atomic E-state index is 12.2. The number of benzene rings is 2. The van der Waals surface area contributed by atoms with Gasteiger partial charge in [0.05, 0.1) is 12.5 Å². The van der Waals surface area contributed by atoms with Gasteiger partial charge in [0.1, 0.15) is 11.5 Å². The smallest absolute Gasteiger partial charge is 0.323 e. The lowest BCUT2D eigenvalue weighted by Gasteiger charge is -2.12. The van der Waals surface area contributed by atoms with E-state index in [9.17, 15) is 21.6 Å². The fraction of sp³-hybridized carbons (Fsp3) is 0.235. The molecule has 0 radical (unpaired) electrons. The molecule has 0 bridgehead atoms. The van der Waals surface area contributed by atoms with E-state index in [1.54, 1.807) is 38.1 Å². The van der Waals surface area contributed by atoms with Crippen LogP contribution >= 0.6 is 0 Å². The van der Waals surface area contributed by atoms with Crippen molar-refractivity contribution in [3.05, 3.63) is 47.5 Å². The van der Waals surface area contributed by atoms with Crippen molar-refractivity contribution in [3.8, 4) is 11.5 Å². The van der Waals surface area contributed by atoms with Crippen LogP contribution in [0.15, 0.2) is 36.4 Å². The molecule has 0 aromatic heterocycles. The summed E-state index contributed by atoms with van der Waals surface area (Å²) >= 11 is 0. The van der Waals surface area contributed by atoms with Crippen molar-refractivity contribution in [1.29, 1.82) is 0 Å². The first-order chi connectivity index (χ1) is 12.8. The number of hydrogen-bond donors (Lipinski definition) is 2. The van der Waals surface area contributed by atoms with Gasteiger partial charge in [0.15, 0.2) is 0 Å². The zero-order valence-corrected chi connectivity index (χ0v) is 17.3. The first-order valence-electron chi connectivity index (χ1n) is 7.90. The number of nitrogens with one attached hydrogen (secondary N) is 2. The second-order valence-corrected chi connectivity index (χ2v) is 9.26. The fourth-order valence-corrected chi connectivity index (χ4v) is 3.17. The van der Waals surface area contributed by atoms with E-state index < -0.39 is 26.3 Å². The maximum atomic E-state index is 12.2. The summed E-state index contributed by atoms with van der Waals surface area (Å²) in [5, 5.41) is 5.08. The SMILES string of the molecule is Cc1ccc(NC(=O)Nc2ccc(C)c(OS(C)(=O)=O)c2)cc1OS(C)(=O)=O. The summed E-state index contributed by atoms with van der Waals surface area (Å²) in [7, 11) is -7.42. The summed E-state index contributed by atoms with van der Waals surface area (Å²) in [5.74, 6) is 0.193. The lowest BCUT2D eigenvalue weighted by molar-refractivity contribution is 0.262. The molecule has 0 atom stereocenters. The third kappa shape index (κ3) is 6.74. The van der Waals surface area contributed by atoms with Crippen molar-refractivity contribution in [3.63, 3.8) is 0 Å². The molecule has 11 heteroatoms. The third-order valence-corrected chi connectivity index (χ3v) is 4.34. The standard InChI is InChI=1S/C17H20N2O7S2/c1-11-5-7-13(9-15(11)25-27(3,21)22)18-17(20)19-14-8-6-12(2)16(10-14)26-28(4,23)24/h5-10H,1-4H3,(H2,18,19,20). The average molecular weight is 428 g/mol. The number of amides is 2. The Balaban J connectivity index is 2.14. The molecule has 0 aliphatic carbocycles.